The van der Waals surface area contributed by atoms with Gasteiger partial charge in [-0.05, 0) is 0 Å². The maximum atomic E-state index is 13.3. The summed E-state index contributed by atoms with van der Waals surface area (Å²) >= 11 is -2.97. The van der Waals surface area contributed by atoms with E-state index in [1.165, 1.54) is 0 Å². The van der Waals surface area contributed by atoms with Gasteiger partial charge in [-0.25, -0.2) is 0 Å². The fourth-order valence-electron chi connectivity index (χ4n) is 5.10. The van der Waals surface area contributed by atoms with Crippen molar-refractivity contribution in [1.29, 1.82) is 0 Å². The molecule has 0 spiro atoms. The van der Waals surface area contributed by atoms with E-state index in [0.29, 0.717) is 23.7 Å². The van der Waals surface area contributed by atoms with Crippen LogP contribution in [0.25, 0.3) is 0 Å². The van der Waals surface area contributed by atoms with Crippen molar-refractivity contribution in [1.82, 2.24) is 0 Å². The summed E-state index contributed by atoms with van der Waals surface area (Å²) in [6, 6.07) is 0. The summed E-state index contributed by atoms with van der Waals surface area (Å²) in [5.41, 5.74) is -5.34. The summed E-state index contributed by atoms with van der Waals surface area (Å²) in [6.07, 6.45) is 5.64. The van der Waals surface area contributed by atoms with Gasteiger partial charge in [0.25, 0.3) is 0 Å². The van der Waals surface area contributed by atoms with Gasteiger partial charge in [0.1, 0.15) is 0 Å². The molecule has 0 saturated heterocycles. The monoisotopic (exact) mass is 554 g/mol. The van der Waals surface area contributed by atoms with Crippen LogP contribution in [0.3, 0.4) is 0 Å². The minimum absolute atomic E-state index is 0.00313. The molecule has 29 heavy (non-hydrogen) atoms. The molecule has 0 radical (unpaired) electrons. The van der Waals surface area contributed by atoms with E-state index in [9.17, 15) is 21.6 Å². The van der Waals surface area contributed by atoms with Crippen molar-refractivity contribution >= 4 is 30.4 Å². The van der Waals surface area contributed by atoms with E-state index in [2.05, 4.69) is 41.5 Å². The summed E-state index contributed by atoms with van der Waals surface area (Å²) in [5.74, 6) is 1.97. The van der Waals surface area contributed by atoms with Crippen LogP contribution in [0, 0.1) is 35.5 Å². The molecule has 0 N–H and O–H groups in total. The molecule has 6 unspecified atom stereocenters. The number of rotatable bonds is 6. The van der Waals surface area contributed by atoms with Crippen LogP contribution in [0.5, 0.6) is 0 Å². The zero-order valence-electron chi connectivity index (χ0n) is 18.5. The molecule has 6 atom stereocenters. The Labute approximate surface area is 183 Å². The fourth-order valence-corrected chi connectivity index (χ4v) is 17.5. The molecule has 0 aliphatic heterocycles. The molecule has 174 valence electrons. The molecule has 0 aromatic rings. The van der Waals surface area contributed by atoms with Gasteiger partial charge in [-0.2, -0.15) is 0 Å². The number of halogens is 4. The number of alkyl halides is 5. The normalized spacial score (nSPS) is 35.2. The third kappa shape index (κ3) is 6.24. The van der Waals surface area contributed by atoms with Crippen molar-refractivity contribution in [3.05, 3.63) is 0 Å². The average molecular weight is 554 g/mol. The van der Waals surface area contributed by atoms with Crippen LogP contribution in [0.2, 0.25) is 0 Å². The first-order chi connectivity index (χ1) is 13.2. The topological polar surface area (TPSA) is 43.4 Å². The van der Waals surface area contributed by atoms with E-state index >= 15 is 0 Å². The van der Waals surface area contributed by atoms with Crippen molar-refractivity contribution in [3.63, 3.8) is 0 Å². The molecule has 2 saturated carbocycles. The second-order valence-electron chi connectivity index (χ2n) is 9.95. The van der Waals surface area contributed by atoms with Crippen molar-refractivity contribution in [2.45, 2.75) is 93.4 Å². The van der Waals surface area contributed by atoms with Gasteiger partial charge in [0.05, 0.1) is 0 Å². The molecule has 0 aromatic carbocycles. The molecule has 2 rings (SSSR count). The summed E-state index contributed by atoms with van der Waals surface area (Å²) < 4.78 is 69.6. The fraction of sp³-hybridized carbons (Fsp3) is 1.00. The second kappa shape index (κ2) is 9.92. The summed E-state index contributed by atoms with van der Waals surface area (Å²) in [7, 11) is -5.56. The summed E-state index contributed by atoms with van der Waals surface area (Å²) in [4.78, 5) is 0. The van der Waals surface area contributed by atoms with Gasteiger partial charge in [0.15, 0.2) is 0 Å². The van der Waals surface area contributed by atoms with E-state index in [4.69, 9.17) is 2.51 Å². The van der Waals surface area contributed by atoms with E-state index in [-0.39, 0.29) is 19.7 Å². The van der Waals surface area contributed by atoms with Crippen molar-refractivity contribution in [2.75, 3.05) is 0 Å². The van der Waals surface area contributed by atoms with Gasteiger partial charge in [-0.1, -0.05) is 0 Å². The molecule has 2 fully saturated rings. The number of hydrogen-bond donors (Lipinski definition) is 0. The van der Waals surface area contributed by atoms with Gasteiger partial charge < -0.3 is 0 Å². The molecular weight excluding hydrogens is 516 g/mol. The first-order valence-electron chi connectivity index (χ1n) is 10.9. The predicted molar refractivity (Wildman–Crippen MR) is 120 cm³/mol. The van der Waals surface area contributed by atoms with Gasteiger partial charge in [0.2, 0.25) is 0 Å². The molecule has 0 aromatic heterocycles. The van der Waals surface area contributed by atoms with Gasteiger partial charge >= 0.3 is 183 Å². The Bertz CT molecular complexity index is 604. The molecule has 0 amide bonds. The average Bonchev–Trinajstić information content (AvgIpc) is 2.58. The van der Waals surface area contributed by atoms with Crippen LogP contribution in [0.4, 0.5) is 13.2 Å². The SMILES string of the molecule is CC1CCC(C(C)C)C(I(OS(=O)(=O)C(F)(F)F)C2CC(C)CCC2C(C)C)C1. The first kappa shape index (κ1) is 25.7. The van der Waals surface area contributed by atoms with Crippen molar-refractivity contribution < 1.29 is 24.1 Å². The Balaban J connectivity index is 2.49. The first-order valence-corrected chi connectivity index (χ1v) is 15.7. The van der Waals surface area contributed by atoms with Crippen LogP contribution in [0.1, 0.15) is 80.1 Å². The van der Waals surface area contributed by atoms with Crippen molar-refractivity contribution in [3.8, 4) is 0 Å². The van der Waals surface area contributed by atoms with Crippen LogP contribution >= 0.6 is 20.2 Å². The van der Waals surface area contributed by atoms with E-state index < -0.39 is 35.9 Å². The summed E-state index contributed by atoms with van der Waals surface area (Å²) in [5, 5.41) is 0. The van der Waals surface area contributed by atoms with Crippen LogP contribution in [0.15, 0.2) is 0 Å². The molecular formula is C21H38F3IO3S. The van der Waals surface area contributed by atoms with Gasteiger partial charge in [0, 0.05) is 0 Å². The van der Waals surface area contributed by atoms with E-state index in [1.54, 1.807) is 0 Å². The molecule has 2 aliphatic carbocycles. The molecule has 3 nitrogen and oxygen atoms in total. The Kier molecular flexibility index (Phi) is 8.79. The maximum absolute atomic E-state index is 13.3. The van der Waals surface area contributed by atoms with Crippen LogP contribution in [-0.2, 0) is 12.6 Å². The molecule has 0 heterocycles. The summed E-state index contributed by atoms with van der Waals surface area (Å²) in [6.45, 7) is 12.7. The predicted octanol–water partition coefficient (Wildman–Crippen LogP) is 7.20. The van der Waals surface area contributed by atoms with E-state index in [0.717, 1.165) is 38.5 Å². The van der Waals surface area contributed by atoms with Crippen LogP contribution in [-0.4, -0.2) is 21.8 Å². The quantitative estimate of drug-likeness (QED) is 0.198. The Morgan fingerprint density at radius 1 is 0.828 bits per heavy atom. The number of hydrogen-bond acceptors (Lipinski definition) is 3. The zero-order valence-corrected chi connectivity index (χ0v) is 21.5. The minimum atomic E-state index is -5.56. The van der Waals surface area contributed by atoms with Crippen LogP contribution < -0.4 is 0 Å². The van der Waals surface area contributed by atoms with E-state index in [1.807, 2.05) is 0 Å². The Morgan fingerprint density at radius 2 is 1.21 bits per heavy atom. The zero-order chi connectivity index (χ0) is 22.1. The van der Waals surface area contributed by atoms with Gasteiger partial charge in [-0.3, -0.25) is 0 Å². The third-order valence-corrected chi connectivity index (χ3v) is 16.4. The molecule has 0 bridgehead atoms. The molecule has 2 aliphatic rings. The Hall–Kier alpha value is 0.430. The standard InChI is InChI=1S/C21H38F3IO3S/c1-13(2)17-9-7-15(5)11-19(17)25(28-29(26,27)21(22,23)24)20-12-16(6)8-10-18(20)14(3)4/h13-20H,7-12H2,1-6H3. The van der Waals surface area contributed by atoms with Gasteiger partial charge in [-0.15, -0.1) is 0 Å². The molecule has 8 heteroatoms. The second-order valence-corrected chi connectivity index (χ2v) is 17.5. The Morgan fingerprint density at radius 3 is 1.52 bits per heavy atom. The third-order valence-electron chi connectivity index (χ3n) is 6.87. The van der Waals surface area contributed by atoms with Crippen molar-refractivity contribution in [2.24, 2.45) is 35.5 Å².